The standard InChI is InChI=1S/C14H15N3O4/c1-16-13-11(3-2-4-12(13)17(19)20)14(18)21-10-6-5-9(7-10)8-15/h2-4,9-10,16H,5-7H2,1H3. The van der Waals surface area contributed by atoms with Crippen molar-refractivity contribution in [2.45, 2.75) is 25.4 Å². The van der Waals surface area contributed by atoms with Gasteiger partial charge in [-0.1, -0.05) is 6.07 Å². The molecule has 0 bridgehead atoms. The van der Waals surface area contributed by atoms with E-state index in [1.165, 1.54) is 25.2 Å². The van der Waals surface area contributed by atoms with Gasteiger partial charge < -0.3 is 10.1 Å². The van der Waals surface area contributed by atoms with E-state index in [1.807, 2.05) is 0 Å². The molecule has 1 aliphatic rings. The molecule has 0 aromatic heterocycles. The van der Waals surface area contributed by atoms with Crippen molar-refractivity contribution in [3.05, 3.63) is 33.9 Å². The van der Waals surface area contributed by atoms with Crippen LogP contribution in [-0.4, -0.2) is 24.0 Å². The molecular formula is C14H15N3O4. The molecule has 1 aromatic carbocycles. The van der Waals surface area contributed by atoms with Crippen LogP contribution in [0.25, 0.3) is 0 Å². The van der Waals surface area contributed by atoms with Crippen LogP contribution < -0.4 is 5.32 Å². The quantitative estimate of drug-likeness (QED) is 0.518. The number of anilines is 1. The summed E-state index contributed by atoms with van der Waals surface area (Å²) >= 11 is 0. The molecule has 1 saturated carbocycles. The highest BCUT2D eigenvalue weighted by Gasteiger charge is 2.29. The maximum absolute atomic E-state index is 12.2. The summed E-state index contributed by atoms with van der Waals surface area (Å²) in [6, 6.07) is 6.41. The summed E-state index contributed by atoms with van der Waals surface area (Å²) in [5, 5.41) is 22.5. The van der Waals surface area contributed by atoms with Crippen LogP contribution in [-0.2, 0) is 4.74 Å². The van der Waals surface area contributed by atoms with Crippen molar-refractivity contribution >= 4 is 17.3 Å². The molecule has 21 heavy (non-hydrogen) atoms. The number of benzene rings is 1. The van der Waals surface area contributed by atoms with E-state index in [1.54, 1.807) is 0 Å². The van der Waals surface area contributed by atoms with E-state index in [4.69, 9.17) is 10.00 Å². The maximum Gasteiger partial charge on any atom is 0.340 e. The van der Waals surface area contributed by atoms with Crippen LogP contribution in [0, 0.1) is 27.4 Å². The number of nitro benzene ring substituents is 1. The van der Waals surface area contributed by atoms with Gasteiger partial charge >= 0.3 is 5.97 Å². The second-order valence-electron chi connectivity index (χ2n) is 4.87. The van der Waals surface area contributed by atoms with Gasteiger partial charge in [0.25, 0.3) is 5.69 Å². The van der Waals surface area contributed by atoms with E-state index in [0.717, 1.165) is 0 Å². The SMILES string of the molecule is CNc1c(C(=O)OC2CCC(C#N)C2)cccc1[N+](=O)[O-]. The van der Waals surface area contributed by atoms with Gasteiger partial charge in [0.15, 0.2) is 0 Å². The number of nitrogens with one attached hydrogen (secondary N) is 1. The molecule has 1 fully saturated rings. The molecule has 0 spiro atoms. The van der Waals surface area contributed by atoms with Crippen molar-refractivity contribution in [1.82, 2.24) is 0 Å². The summed E-state index contributed by atoms with van der Waals surface area (Å²) in [4.78, 5) is 22.6. The second kappa shape index (κ2) is 6.22. The number of hydrogen-bond acceptors (Lipinski definition) is 6. The van der Waals surface area contributed by atoms with Gasteiger partial charge in [0.2, 0.25) is 0 Å². The number of nitrogens with zero attached hydrogens (tertiary/aromatic N) is 2. The number of hydrogen-bond donors (Lipinski definition) is 1. The van der Waals surface area contributed by atoms with Crippen molar-refractivity contribution in [1.29, 1.82) is 5.26 Å². The molecule has 7 nitrogen and oxygen atoms in total. The Morgan fingerprint density at radius 2 is 2.29 bits per heavy atom. The van der Waals surface area contributed by atoms with Crippen molar-refractivity contribution < 1.29 is 14.5 Å². The minimum atomic E-state index is -0.605. The summed E-state index contributed by atoms with van der Waals surface area (Å²) in [6.45, 7) is 0. The third-order valence-electron chi connectivity index (χ3n) is 3.55. The van der Waals surface area contributed by atoms with E-state index >= 15 is 0 Å². The summed E-state index contributed by atoms with van der Waals surface area (Å²) in [7, 11) is 1.51. The van der Waals surface area contributed by atoms with Gasteiger partial charge in [-0.15, -0.1) is 0 Å². The van der Waals surface area contributed by atoms with Crippen molar-refractivity contribution in [3.8, 4) is 6.07 Å². The van der Waals surface area contributed by atoms with Crippen LogP contribution in [0.2, 0.25) is 0 Å². The number of rotatable bonds is 4. The second-order valence-corrected chi connectivity index (χ2v) is 4.87. The Hall–Kier alpha value is -2.62. The number of para-hydroxylation sites is 1. The third kappa shape index (κ3) is 3.11. The van der Waals surface area contributed by atoms with Gasteiger partial charge in [-0.2, -0.15) is 5.26 Å². The fourth-order valence-corrected chi connectivity index (χ4v) is 2.50. The van der Waals surface area contributed by atoms with Gasteiger partial charge in [0.05, 0.1) is 16.6 Å². The summed E-state index contributed by atoms with van der Waals surface area (Å²) in [5.74, 6) is -0.691. The van der Waals surface area contributed by atoms with E-state index < -0.39 is 10.9 Å². The molecule has 2 unspecified atom stereocenters. The number of ether oxygens (including phenoxy) is 1. The van der Waals surface area contributed by atoms with Crippen LogP contribution in [0.15, 0.2) is 18.2 Å². The van der Waals surface area contributed by atoms with Crippen LogP contribution in [0.5, 0.6) is 0 Å². The number of nitro groups is 1. The highest BCUT2D eigenvalue weighted by Crippen LogP contribution is 2.31. The molecular weight excluding hydrogens is 274 g/mol. The average Bonchev–Trinajstić information content (AvgIpc) is 2.93. The number of carbonyl (C=O) groups is 1. The Kier molecular flexibility index (Phi) is 4.38. The highest BCUT2D eigenvalue weighted by atomic mass is 16.6. The molecule has 2 atom stereocenters. The molecule has 1 aliphatic carbocycles. The van der Waals surface area contributed by atoms with Crippen LogP contribution >= 0.6 is 0 Å². The minimum absolute atomic E-state index is 0.0864. The summed E-state index contributed by atoms with van der Waals surface area (Å²) in [6.07, 6.45) is 1.58. The van der Waals surface area contributed by atoms with E-state index in [-0.39, 0.29) is 29.0 Å². The van der Waals surface area contributed by atoms with E-state index in [2.05, 4.69) is 11.4 Å². The third-order valence-corrected chi connectivity index (χ3v) is 3.55. The molecule has 0 amide bonds. The first-order valence-electron chi connectivity index (χ1n) is 6.62. The topological polar surface area (TPSA) is 105 Å². The van der Waals surface area contributed by atoms with Gasteiger partial charge in [-0.05, 0) is 18.9 Å². The van der Waals surface area contributed by atoms with Gasteiger partial charge in [0.1, 0.15) is 11.8 Å². The molecule has 0 heterocycles. The first-order chi connectivity index (χ1) is 10.1. The minimum Gasteiger partial charge on any atom is -0.459 e. The van der Waals surface area contributed by atoms with Gasteiger partial charge in [-0.25, -0.2) is 4.79 Å². The normalized spacial score (nSPS) is 20.6. The molecule has 2 rings (SSSR count). The van der Waals surface area contributed by atoms with E-state index in [9.17, 15) is 14.9 Å². The molecule has 7 heteroatoms. The monoisotopic (exact) mass is 289 g/mol. The Labute approximate surface area is 121 Å². The average molecular weight is 289 g/mol. The molecule has 0 aliphatic heterocycles. The Bertz CT molecular complexity index is 609. The lowest BCUT2D eigenvalue weighted by Gasteiger charge is -2.13. The molecule has 0 saturated heterocycles. The molecule has 0 radical (unpaired) electrons. The lowest BCUT2D eigenvalue weighted by Crippen LogP contribution is -2.17. The number of esters is 1. The fraction of sp³-hybridized carbons (Fsp3) is 0.429. The van der Waals surface area contributed by atoms with Crippen molar-refractivity contribution in [2.24, 2.45) is 5.92 Å². The zero-order chi connectivity index (χ0) is 15.4. The number of nitriles is 1. The Balaban J connectivity index is 2.18. The predicted octanol–water partition coefficient (Wildman–Crippen LogP) is 2.49. The van der Waals surface area contributed by atoms with Crippen molar-refractivity contribution in [3.63, 3.8) is 0 Å². The molecule has 1 N–H and O–H groups in total. The van der Waals surface area contributed by atoms with Gasteiger partial charge in [-0.3, -0.25) is 10.1 Å². The first kappa shape index (κ1) is 14.8. The van der Waals surface area contributed by atoms with Crippen LogP contribution in [0.1, 0.15) is 29.6 Å². The smallest absolute Gasteiger partial charge is 0.340 e. The summed E-state index contributed by atoms with van der Waals surface area (Å²) < 4.78 is 5.35. The van der Waals surface area contributed by atoms with Crippen LogP contribution in [0.3, 0.4) is 0 Å². The Morgan fingerprint density at radius 3 is 2.86 bits per heavy atom. The number of carbonyl (C=O) groups excluding carboxylic acids is 1. The first-order valence-corrected chi connectivity index (χ1v) is 6.62. The predicted molar refractivity (Wildman–Crippen MR) is 74.8 cm³/mol. The highest BCUT2D eigenvalue weighted by molar-refractivity contribution is 5.98. The lowest BCUT2D eigenvalue weighted by molar-refractivity contribution is -0.384. The fourth-order valence-electron chi connectivity index (χ4n) is 2.50. The summed E-state index contributed by atoms with van der Waals surface area (Å²) in [5.41, 5.74) is 0.0997. The largest absolute Gasteiger partial charge is 0.459 e. The van der Waals surface area contributed by atoms with E-state index in [0.29, 0.717) is 19.3 Å². The zero-order valence-corrected chi connectivity index (χ0v) is 11.5. The zero-order valence-electron chi connectivity index (χ0n) is 11.5. The molecule has 110 valence electrons. The maximum atomic E-state index is 12.2. The van der Waals surface area contributed by atoms with Gasteiger partial charge in [0, 0.05) is 25.5 Å². The molecule has 1 aromatic rings. The van der Waals surface area contributed by atoms with Crippen LogP contribution in [0.4, 0.5) is 11.4 Å². The van der Waals surface area contributed by atoms with Crippen molar-refractivity contribution in [2.75, 3.05) is 12.4 Å². The lowest BCUT2D eigenvalue weighted by atomic mass is 10.1. The Morgan fingerprint density at radius 1 is 1.52 bits per heavy atom.